The first kappa shape index (κ1) is 23.3. The second-order valence-electron chi connectivity index (χ2n) is 8.55. The molecule has 0 aromatic rings. The fourth-order valence-electron chi connectivity index (χ4n) is 4.39. The highest BCUT2D eigenvalue weighted by Crippen LogP contribution is 2.36. The third-order valence-corrected chi connectivity index (χ3v) is 6.33. The molecule has 9 nitrogen and oxygen atoms in total. The lowest BCUT2D eigenvalue weighted by Gasteiger charge is -2.41. The number of carbonyl (C=O) groups is 1. The van der Waals surface area contributed by atoms with Gasteiger partial charge in [0.05, 0.1) is 24.7 Å². The van der Waals surface area contributed by atoms with E-state index >= 15 is 0 Å². The van der Waals surface area contributed by atoms with E-state index in [1.54, 1.807) is 19.9 Å². The fourth-order valence-corrected chi connectivity index (χ4v) is 4.39. The van der Waals surface area contributed by atoms with Gasteiger partial charge in [-0.15, -0.1) is 0 Å². The van der Waals surface area contributed by atoms with Crippen LogP contribution >= 0.6 is 0 Å². The standard InChI is InChI=1S/C21H32O9/c1-9-4-5-13(29-21-19(26)18(25)17(24)15(8-22)30-21)10(2)7-12(23)16-11(3)20(27)28-14(16)6-9/h4,7,11-19,21-26H,5-6,8H2,1-3H3/b9-4+,10-7+/t11-,12+,13+,14-,15+,16-,17+,18-,19+,21+/m0/s1. The monoisotopic (exact) mass is 428 g/mol. The Labute approximate surface area is 175 Å². The maximum absolute atomic E-state index is 12.0. The number of rotatable bonds is 3. The summed E-state index contributed by atoms with van der Waals surface area (Å²) in [6.07, 6.45) is -4.30. The second-order valence-corrected chi connectivity index (χ2v) is 8.55. The van der Waals surface area contributed by atoms with Crippen LogP contribution in [0.3, 0.4) is 0 Å². The summed E-state index contributed by atoms with van der Waals surface area (Å²) in [7, 11) is 0. The molecule has 3 aliphatic rings. The van der Waals surface area contributed by atoms with Gasteiger partial charge in [-0.05, 0) is 25.8 Å². The van der Waals surface area contributed by atoms with Gasteiger partial charge in [-0.25, -0.2) is 0 Å². The van der Waals surface area contributed by atoms with E-state index in [-0.39, 0.29) is 11.9 Å². The SMILES string of the molecule is C/C1=C\C[C@@H](O[C@@H]2O[C@H](CO)[C@@H](O)[C@H](O)[C@H]2O)/C(C)=C/[C@@H](O)[C@H]2[C@H](C1)OC(=O)[C@H]2C. The summed E-state index contributed by atoms with van der Waals surface area (Å²) in [6.45, 7) is 4.87. The summed E-state index contributed by atoms with van der Waals surface area (Å²) in [4.78, 5) is 12.0. The van der Waals surface area contributed by atoms with Crippen LogP contribution in [0.15, 0.2) is 23.3 Å². The molecule has 0 saturated carbocycles. The molecule has 2 aliphatic heterocycles. The van der Waals surface area contributed by atoms with Crippen LogP contribution in [0.2, 0.25) is 0 Å². The number of hydrogen-bond acceptors (Lipinski definition) is 9. The normalized spacial score (nSPS) is 48.7. The van der Waals surface area contributed by atoms with Gasteiger partial charge >= 0.3 is 5.97 Å². The van der Waals surface area contributed by atoms with E-state index in [1.807, 2.05) is 13.0 Å². The van der Waals surface area contributed by atoms with Crippen molar-refractivity contribution in [1.29, 1.82) is 0 Å². The van der Waals surface area contributed by atoms with Crippen molar-refractivity contribution in [2.45, 2.75) is 82.6 Å². The van der Waals surface area contributed by atoms with Gasteiger partial charge in [-0.3, -0.25) is 4.79 Å². The van der Waals surface area contributed by atoms with Gasteiger partial charge in [0, 0.05) is 12.3 Å². The molecular formula is C21H32O9. The number of ether oxygens (including phenoxy) is 3. The Morgan fingerprint density at radius 2 is 1.83 bits per heavy atom. The molecule has 0 spiro atoms. The van der Waals surface area contributed by atoms with E-state index in [2.05, 4.69) is 0 Å². The van der Waals surface area contributed by atoms with Gasteiger partial charge in [-0.1, -0.05) is 24.6 Å². The van der Waals surface area contributed by atoms with E-state index in [0.717, 1.165) is 5.57 Å². The molecule has 2 heterocycles. The third kappa shape index (κ3) is 4.62. The van der Waals surface area contributed by atoms with E-state index in [4.69, 9.17) is 14.2 Å². The minimum absolute atomic E-state index is 0.323. The first-order valence-electron chi connectivity index (χ1n) is 10.3. The van der Waals surface area contributed by atoms with Gasteiger partial charge in [0.2, 0.25) is 0 Å². The van der Waals surface area contributed by atoms with Crippen LogP contribution in [-0.2, 0) is 19.0 Å². The number of aliphatic hydroxyl groups is 5. The summed E-state index contributed by atoms with van der Waals surface area (Å²) < 4.78 is 16.8. The summed E-state index contributed by atoms with van der Waals surface area (Å²) in [6, 6.07) is 0. The van der Waals surface area contributed by atoms with Crippen molar-refractivity contribution < 1.29 is 44.5 Å². The zero-order chi connectivity index (χ0) is 22.2. The van der Waals surface area contributed by atoms with Crippen LogP contribution in [0, 0.1) is 11.8 Å². The molecule has 3 rings (SSSR count). The molecule has 30 heavy (non-hydrogen) atoms. The molecule has 0 aromatic carbocycles. The average molecular weight is 428 g/mol. The molecule has 0 amide bonds. The number of fused-ring (bicyclic) bond motifs is 1. The summed E-state index contributed by atoms with van der Waals surface area (Å²) in [5.74, 6) is -1.15. The molecule has 2 fully saturated rings. The van der Waals surface area contributed by atoms with Crippen molar-refractivity contribution in [3.63, 3.8) is 0 Å². The first-order valence-corrected chi connectivity index (χ1v) is 10.3. The van der Waals surface area contributed by atoms with Crippen LogP contribution in [0.5, 0.6) is 0 Å². The van der Waals surface area contributed by atoms with Crippen molar-refractivity contribution in [2.24, 2.45) is 11.8 Å². The van der Waals surface area contributed by atoms with Crippen molar-refractivity contribution in [3.8, 4) is 0 Å². The van der Waals surface area contributed by atoms with Gasteiger partial charge in [0.25, 0.3) is 0 Å². The lowest BCUT2D eigenvalue weighted by atomic mass is 9.82. The summed E-state index contributed by atoms with van der Waals surface area (Å²) in [5, 5.41) is 50.4. The summed E-state index contributed by atoms with van der Waals surface area (Å²) >= 11 is 0. The summed E-state index contributed by atoms with van der Waals surface area (Å²) in [5.41, 5.74) is 1.63. The Balaban J connectivity index is 1.83. The zero-order valence-corrected chi connectivity index (χ0v) is 17.4. The largest absolute Gasteiger partial charge is 0.461 e. The molecule has 5 N–H and O–H groups in total. The van der Waals surface area contributed by atoms with Crippen molar-refractivity contribution in [2.75, 3.05) is 6.61 Å². The van der Waals surface area contributed by atoms with Crippen LogP contribution in [0.25, 0.3) is 0 Å². The molecule has 0 bridgehead atoms. The van der Waals surface area contributed by atoms with Crippen molar-refractivity contribution in [1.82, 2.24) is 0 Å². The number of hydrogen-bond donors (Lipinski definition) is 5. The highest BCUT2D eigenvalue weighted by Gasteiger charge is 2.47. The topological polar surface area (TPSA) is 146 Å². The van der Waals surface area contributed by atoms with Gasteiger partial charge in [0.1, 0.15) is 30.5 Å². The minimum atomic E-state index is -1.53. The van der Waals surface area contributed by atoms with Crippen LogP contribution < -0.4 is 0 Å². The third-order valence-electron chi connectivity index (χ3n) is 6.33. The van der Waals surface area contributed by atoms with E-state index in [9.17, 15) is 30.3 Å². The molecule has 10 atom stereocenters. The molecule has 2 saturated heterocycles. The molecular weight excluding hydrogens is 396 g/mol. The molecule has 0 unspecified atom stereocenters. The van der Waals surface area contributed by atoms with Gasteiger partial charge in [-0.2, -0.15) is 0 Å². The molecule has 170 valence electrons. The van der Waals surface area contributed by atoms with Crippen LogP contribution in [-0.4, -0.2) is 87.1 Å². The zero-order valence-electron chi connectivity index (χ0n) is 17.4. The number of esters is 1. The highest BCUT2D eigenvalue weighted by atomic mass is 16.7. The van der Waals surface area contributed by atoms with Crippen LogP contribution in [0.4, 0.5) is 0 Å². The number of carbonyl (C=O) groups excluding carboxylic acids is 1. The molecule has 1 aliphatic carbocycles. The van der Waals surface area contributed by atoms with Crippen molar-refractivity contribution in [3.05, 3.63) is 23.3 Å². The van der Waals surface area contributed by atoms with Crippen molar-refractivity contribution >= 4 is 5.97 Å². The van der Waals surface area contributed by atoms with E-state index < -0.39 is 61.5 Å². The van der Waals surface area contributed by atoms with Crippen LogP contribution in [0.1, 0.15) is 33.6 Å². The lowest BCUT2D eigenvalue weighted by molar-refractivity contribution is -0.308. The Morgan fingerprint density at radius 1 is 1.13 bits per heavy atom. The Hall–Kier alpha value is -1.33. The highest BCUT2D eigenvalue weighted by molar-refractivity contribution is 5.75. The Bertz CT molecular complexity index is 688. The lowest BCUT2D eigenvalue weighted by Crippen LogP contribution is -2.59. The first-order chi connectivity index (χ1) is 14.1. The second kappa shape index (κ2) is 9.44. The van der Waals surface area contributed by atoms with Gasteiger partial charge in [0.15, 0.2) is 6.29 Å². The Morgan fingerprint density at radius 3 is 2.50 bits per heavy atom. The molecule has 9 heteroatoms. The molecule has 0 radical (unpaired) electrons. The fraction of sp³-hybridized carbons (Fsp3) is 0.762. The van der Waals surface area contributed by atoms with Gasteiger partial charge < -0.3 is 39.7 Å². The predicted octanol–water partition coefficient (Wildman–Crippen LogP) is -0.604. The maximum atomic E-state index is 12.0. The number of aliphatic hydroxyl groups excluding tert-OH is 5. The van der Waals surface area contributed by atoms with E-state index in [1.165, 1.54) is 0 Å². The predicted molar refractivity (Wildman–Crippen MR) is 104 cm³/mol. The smallest absolute Gasteiger partial charge is 0.309 e. The quantitative estimate of drug-likeness (QED) is 0.294. The average Bonchev–Trinajstić information content (AvgIpc) is 2.97. The van der Waals surface area contributed by atoms with E-state index in [0.29, 0.717) is 18.4 Å². The molecule has 0 aromatic heterocycles. The minimum Gasteiger partial charge on any atom is -0.461 e. The maximum Gasteiger partial charge on any atom is 0.309 e. The Kier molecular flexibility index (Phi) is 7.34.